The zero-order valence-electron chi connectivity index (χ0n) is 20.2. The predicted molar refractivity (Wildman–Crippen MR) is 136 cm³/mol. The van der Waals surface area contributed by atoms with Gasteiger partial charge < -0.3 is 25.8 Å². The van der Waals surface area contributed by atoms with Crippen molar-refractivity contribution in [2.24, 2.45) is 5.92 Å². The summed E-state index contributed by atoms with van der Waals surface area (Å²) in [6, 6.07) is 8.29. The molecular weight excluding hydrogens is 444 g/mol. The van der Waals surface area contributed by atoms with E-state index in [2.05, 4.69) is 68.5 Å². The highest BCUT2D eigenvalue weighted by Gasteiger charge is 2.34. The van der Waals surface area contributed by atoms with Crippen molar-refractivity contribution >= 4 is 39.9 Å². The molecule has 0 saturated carbocycles. The number of hydrogen-bond donors (Lipinski definition) is 3. The zero-order chi connectivity index (χ0) is 24.5. The van der Waals surface area contributed by atoms with E-state index in [0.717, 1.165) is 44.6 Å². The molecule has 1 aromatic carbocycles. The van der Waals surface area contributed by atoms with Gasteiger partial charge in [0.1, 0.15) is 5.82 Å². The molecule has 5 rings (SSSR count). The summed E-state index contributed by atoms with van der Waals surface area (Å²) in [6.45, 7) is 6.66. The average molecular weight is 477 g/mol. The lowest BCUT2D eigenvalue weighted by molar-refractivity contribution is -0.146. The number of H-pyrrole nitrogens is 1. The molecule has 2 saturated heterocycles. The number of likely N-dealkylation sites (N-methyl/N-ethyl adjacent to an activating group) is 1. The van der Waals surface area contributed by atoms with Crippen LogP contribution in [0.3, 0.4) is 0 Å². The number of rotatable bonds is 3. The van der Waals surface area contributed by atoms with Gasteiger partial charge in [-0.05, 0) is 43.5 Å². The summed E-state index contributed by atoms with van der Waals surface area (Å²) < 4.78 is 0. The summed E-state index contributed by atoms with van der Waals surface area (Å²) >= 11 is 0. The van der Waals surface area contributed by atoms with Crippen LogP contribution in [0, 0.1) is 5.92 Å². The molecule has 0 radical (unpaired) electrons. The number of aromatic amines is 1. The number of piperidine rings is 1. The second kappa shape index (κ2) is 9.53. The summed E-state index contributed by atoms with van der Waals surface area (Å²) in [4.78, 5) is 37.1. The summed E-state index contributed by atoms with van der Waals surface area (Å²) in [5.41, 5.74) is 9.04. The molecule has 184 valence electrons. The molecule has 10 nitrogen and oxygen atoms in total. The topological polar surface area (TPSA) is 123 Å². The van der Waals surface area contributed by atoms with Crippen LogP contribution in [0.2, 0.25) is 0 Å². The number of fused-ring (bicyclic) bond motifs is 1. The van der Waals surface area contributed by atoms with Crippen LogP contribution in [0.15, 0.2) is 36.7 Å². The number of amides is 2. The van der Waals surface area contributed by atoms with E-state index < -0.39 is 11.8 Å². The van der Waals surface area contributed by atoms with E-state index in [1.54, 1.807) is 11.1 Å². The lowest BCUT2D eigenvalue weighted by atomic mass is 9.89. The van der Waals surface area contributed by atoms with Crippen LogP contribution in [-0.4, -0.2) is 76.6 Å². The predicted octanol–water partition coefficient (Wildman–Crippen LogP) is 2.23. The van der Waals surface area contributed by atoms with Gasteiger partial charge in [0.15, 0.2) is 0 Å². The molecular formula is C25H32N8O2. The lowest BCUT2D eigenvalue weighted by Gasteiger charge is -2.39. The Balaban J connectivity index is 1.37. The number of hydrogen-bond acceptors (Lipinski definition) is 7. The Morgan fingerprint density at radius 2 is 1.94 bits per heavy atom. The highest BCUT2D eigenvalue weighted by molar-refractivity contribution is 6.40. The van der Waals surface area contributed by atoms with Gasteiger partial charge >= 0.3 is 11.8 Å². The Morgan fingerprint density at radius 3 is 2.74 bits per heavy atom. The summed E-state index contributed by atoms with van der Waals surface area (Å²) in [6.07, 6.45) is 4.81. The molecule has 0 aliphatic carbocycles. The van der Waals surface area contributed by atoms with E-state index in [1.807, 2.05) is 0 Å². The minimum absolute atomic E-state index is 0.145. The van der Waals surface area contributed by atoms with Gasteiger partial charge in [-0.1, -0.05) is 19.1 Å². The van der Waals surface area contributed by atoms with E-state index in [9.17, 15) is 9.59 Å². The maximum atomic E-state index is 13.4. The van der Waals surface area contributed by atoms with Crippen molar-refractivity contribution in [2.75, 3.05) is 55.7 Å². The first-order valence-electron chi connectivity index (χ1n) is 12.1. The van der Waals surface area contributed by atoms with Crippen LogP contribution >= 0.6 is 0 Å². The van der Waals surface area contributed by atoms with Crippen LogP contribution in [0.25, 0.3) is 10.9 Å². The van der Waals surface area contributed by atoms with Crippen LogP contribution in [0.5, 0.6) is 0 Å². The second-order valence-corrected chi connectivity index (χ2v) is 9.71. The molecule has 35 heavy (non-hydrogen) atoms. The maximum Gasteiger partial charge on any atom is 0.314 e. The van der Waals surface area contributed by atoms with Crippen LogP contribution in [-0.2, 0) is 9.59 Å². The van der Waals surface area contributed by atoms with Gasteiger partial charge in [-0.3, -0.25) is 14.7 Å². The average Bonchev–Trinajstić information content (AvgIpc) is 3.37. The minimum Gasteiger partial charge on any atom is -0.383 e. The smallest absolute Gasteiger partial charge is 0.314 e. The van der Waals surface area contributed by atoms with Gasteiger partial charge in [0, 0.05) is 38.4 Å². The SMILES string of the molecule is C[C@H]1CC[C@H](c2cccc(N3CCN(C)CC3)c2)N(C(=O)C(=O)Nc2cnc(N)c3cn[nH]c23)C1. The lowest BCUT2D eigenvalue weighted by Crippen LogP contribution is -2.46. The second-order valence-electron chi connectivity index (χ2n) is 9.71. The molecule has 2 fully saturated rings. The van der Waals surface area contributed by atoms with Gasteiger partial charge in [-0.15, -0.1) is 0 Å². The molecule has 2 aliphatic rings. The number of nitrogens with two attached hydrogens (primary N) is 1. The first kappa shape index (κ1) is 23.1. The Hall–Kier alpha value is -3.66. The van der Waals surface area contributed by atoms with Gasteiger partial charge in [0.2, 0.25) is 0 Å². The van der Waals surface area contributed by atoms with Crippen molar-refractivity contribution < 1.29 is 9.59 Å². The molecule has 4 heterocycles. The Kier molecular flexibility index (Phi) is 6.29. The molecule has 2 amide bonds. The fourth-order valence-electron chi connectivity index (χ4n) is 5.07. The fourth-order valence-corrected chi connectivity index (χ4v) is 5.07. The number of carbonyl (C=O) groups is 2. The molecule has 10 heteroatoms. The normalized spacial score (nSPS) is 21.3. The number of anilines is 3. The minimum atomic E-state index is -0.693. The van der Waals surface area contributed by atoms with E-state index in [4.69, 9.17) is 5.73 Å². The van der Waals surface area contributed by atoms with E-state index in [-0.39, 0.29) is 6.04 Å². The molecule has 0 spiro atoms. The van der Waals surface area contributed by atoms with Crippen LogP contribution < -0.4 is 16.0 Å². The number of pyridine rings is 1. The van der Waals surface area contributed by atoms with Crippen molar-refractivity contribution in [3.05, 3.63) is 42.2 Å². The van der Waals surface area contributed by atoms with Gasteiger partial charge in [0.25, 0.3) is 0 Å². The monoisotopic (exact) mass is 476 g/mol. The summed E-state index contributed by atoms with van der Waals surface area (Å²) in [5.74, 6) is -0.609. The number of nitrogen functional groups attached to an aromatic ring is 1. The summed E-state index contributed by atoms with van der Waals surface area (Å²) in [5, 5.41) is 10.1. The van der Waals surface area contributed by atoms with E-state index in [1.165, 1.54) is 11.9 Å². The van der Waals surface area contributed by atoms with E-state index in [0.29, 0.717) is 34.9 Å². The number of aromatic nitrogens is 3. The largest absolute Gasteiger partial charge is 0.383 e. The first-order chi connectivity index (χ1) is 16.9. The Morgan fingerprint density at radius 1 is 1.14 bits per heavy atom. The molecule has 3 aromatic rings. The van der Waals surface area contributed by atoms with Crippen LogP contribution in [0.1, 0.15) is 31.4 Å². The first-order valence-corrected chi connectivity index (χ1v) is 12.1. The molecule has 2 aromatic heterocycles. The third-order valence-corrected chi connectivity index (χ3v) is 7.16. The van der Waals surface area contributed by atoms with Gasteiger partial charge in [-0.25, -0.2) is 4.98 Å². The molecule has 0 bridgehead atoms. The summed E-state index contributed by atoms with van der Waals surface area (Å²) in [7, 11) is 2.14. The van der Waals surface area contributed by atoms with Crippen molar-refractivity contribution in [1.82, 2.24) is 25.0 Å². The quantitative estimate of drug-likeness (QED) is 0.495. The third kappa shape index (κ3) is 4.66. The highest BCUT2D eigenvalue weighted by atomic mass is 16.2. The number of nitrogens with zero attached hydrogens (tertiary/aromatic N) is 5. The molecule has 4 N–H and O–H groups in total. The standard InChI is InChI=1S/C25H32N8O2/c1-16-6-7-21(17-4-3-5-18(12-17)32-10-8-31(2)9-11-32)33(15-16)25(35)24(34)29-20-14-27-23(26)19-13-28-30-22(19)20/h3-5,12-14,16,21H,6-11,15H2,1-2H3,(H2,26,27)(H,28,30)(H,29,34)/t16-,21+/m0/s1. The highest BCUT2D eigenvalue weighted by Crippen LogP contribution is 2.35. The van der Waals surface area contributed by atoms with Crippen molar-refractivity contribution in [3.63, 3.8) is 0 Å². The molecule has 2 aliphatic heterocycles. The van der Waals surface area contributed by atoms with Crippen LogP contribution in [0.4, 0.5) is 17.2 Å². The number of benzene rings is 1. The number of nitrogens with one attached hydrogen (secondary N) is 2. The maximum absolute atomic E-state index is 13.4. The third-order valence-electron chi connectivity index (χ3n) is 7.16. The van der Waals surface area contributed by atoms with Crippen molar-refractivity contribution in [3.8, 4) is 0 Å². The van der Waals surface area contributed by atoms with Crippen molar-refractivity contribution in [2.45, 2.75) is 25.8 Å². The fraction of sp³-hybridized carbons (Fsp3) is 0.440. The Labute approximate surface area is 204 Å². The molecule has 2 atom stereocenters. The Bertz CT molecular complexity index is 1230. The van der Waals surface area contributed by atoms with Gasteiger partial charge in [0.05, 0.1) is 35.0 Å². The zero-order valence-corrected chi connectivity index (χ0v) is 20.2. The van der Waals surface area contributed by atoms with Gasteiger partial charge in [-0.2, -0.15) is 5.10 Å². The number of likely N-dealkylation sites (tertiary alicyclic amines) is 1. The van der Waals surface area contributed by atoms with E-state index >= 15 is 0 Å². The van der Waals surface area contributed by atoms with Crippen molar-refractivity contribution in [1.29, 1.82) is 0 Å². The number of piperazine rings is 1. The number of carbonyl (C=O) groups excluding carboxylic acids is 2. The molecule has 0 unspecified atom stereocenters.